The molecule has 3 N–H and O–H groups in total. The van der Waals surface area contributed by atoms with Crippen LogP contribution in [0.15, 0.2) is 24.3 Å². The van der Waals surface area contributed by atoms with E-state index in [0.717, 1.165) is 25.7 Å². The maximum absolute atomic E-state index is 12.4. The predicted octanol–water partition coefficient (Wildman–Crippen LogP) is 2.65. The average Bonchev–Trinajstić information content (AvgIpc) is 2.48. The average molecular weight is 340 g/mol. The Bertz CT molecular complexity index is 582. The van der Waals surface area contributed by atoms with E-state index in [0.29, 0.717) is 17.4 Å². The Morgan fingerprint density at radius 3 is 2.52 bits per heavy atom. The van der Waals surface area contributed by atoms with Gasteiger partial charge in [-0.15, -0.1) is 12.4 Å². The molecule has 2 aliphatic rings. The van der Waals surface area contributed by atoms with Gasteiger partial charge in [0.1, 0.15) is 0 Å². The molecule has 0 radical (unpaired) electrons. The normalized spacial score (nSPS) is 29.3. The van der Waals surface area contributed by atoms with Gasteiger partial charge in [0.25, 0.3) is 11.6 Å². The van der Waals surface area contributed by atoms with Crippen LogP contribution >= 0.6 is 12.4 Å². The zero-order chi connectivity index (χ0) is 15.7. The molecule has 1 amide bonds. The molecular formula is C16H22ClN3O3. The van der Waals surface area contributed by atoms with E-state index in [2.05, 4.69) is 5.32 Å². The number of halogens is 1. The molecule has 2 unspecified atom stereocenters. The molecule has 7 heteroatoms. The van der Waals surface area contributed by atoms with Crippen molar-refractivity contribution in [1.82, 2.24) is 5.32 Å². The van der Waals surface area contributed by atoms with E-state index >= 15 is 0 Å². The van der Waals surface area contributed by atoms with Crippen LogP contribution in [-0.4, -0.2) is 22.9 Å². The van der Waals surface area contributed by atoms with E-state index in [-0.39, 0.29) is 36.1 Å². The fourth-order valence-corrected chi connectivity index (χ4v) is 4.02. The van der Waals surface area contributed by atoms with E-state index in [4.69, 9.17) is 5.73 Å². The Hall–Kier alpha value is -1.66. The molecular weight excluding hydrogens is 318 g/mol. The molecule has 2 fully saturated rings. The number of benzene rings is 1. The number of nitrogens with two attached hydrogens (primary N) is 1. The van der Waals surface area contributed by atoms with Gasteiger partial charge in [-0.25, -0.2) is 0 Å². The Morgan fingerprint density at radius 2 is 1.91 bits per heavy atom. The second-order valence-electron chi connectivity index (χ2n) is 6.49. The van der Waals surface area contributed by atoms with Gasteiger partial charge in [0.05, 0.1) is 4.92 Å². The number of non-ortho nitro benzene ring substituents is 1. The SMILES string of the molecule is Cl.NC1CC2CCCC(C1)C2NC(=O)c1cccc([N+](=O)[O-])c1. The first-order valence-electron chi connectivity index (χ1n) is 7.85. The molecule has 0 spiro atoms. The highest BCUT2D eigenvalue weighted by molar-refractivity contribution is 5.95. The summed E-state index contributed by atoms with van der Waals surface area (Å²) in [6.07, 6.45) is 5.31. The number of nitro groups is 1. The number of rotatable bonds is 3. The fraction of sp³-hybridized carbons (Fsp3) is 0.562. The second-order valence-corrected chi connectivity index (χ2v) is 6.49. The van der Waals surface area contributed by atoms with E-state index in [1.54, 1.807) is 12.1 Å². The summed E-state index contributed by atoms with van der Waals surface area (Å²) in [5, 5.41) is 13.9. The minimum Gasteiger partial charge on any atom is -0.349 e. The van der Waals surface area contributed by atoms with Crippen molar-refractivity contribution in [1.29, 1.82) is 0 Å². The van der Waals surface area contributed by atoms with Gasteiger partial charge in [0.2, 0.25) is 0 Å². The first kappa shape index (κ1) is 17.7. The summed E-state index contributed by atoms with van der Waals surface area (Å²) in [6.45, 7) is 0. The van der Waals surface area contributed by atoms with Crippen molar-refractivity contribution in [3.05, 3.63) is 39.9 Å². The molecule has 2 saturated carbocycles. The Kier molecular flexibility index (Phi) is 5.59. The molecule has 0 aromatic heterocycles. The third-order valence-electron chi connectivity index (χ3n) is 4.99. The molecule has 0 heterocycles. The first-order valence-corrected chi connectivity index (χ1v) is 7.85. The zero-order valence-corrected chi connectivity index (χ0v) is 13.6. The minimum absolute atomic E-state index is 0. The van der Waals surface area contributed by atoms with Crippen LogP contribution in [0.25, 0.3) is 0 Å². The molecule has 0 aliphatic heterocycles. The number of nitrogens with zero attached hydrogens (tertiary/aromatic N) is 1. The quantitative estimate of drug-likeness (QED) is 0.653. The molecule has 2 aliphatic carbocycles. The van der Waals surface area contributed by atoms with E-state index in [1.807, 2.05) is 0 Å². The van der Waals surface area contributed by atoms with Crippen molar-refractivity contribution in [2.45, 2.75) is 44.2 Å². The van der Waals surface area contributed by atoms with Crippen molar-refractivity contribution in [3.63, 3.8) is 0 Å². The molecule has 6 nitrogen and oxygen atoms in total. The maximum atomic E-state index is 12.4. The van der Waals surface area contributed by atoms with Crippen LogP contribution in [0.5, 0.6) is 0 Å². The van der Waals surface area contributed by atoms with Crippen LogP contribution in [0.2, 0.25) is 0 Å². The number of nitro benzene ring substituents is 1. The number of nitrogens with one attached hydrogen (secondary N) is 1. The molecule has 23 heavy (non-hydrogen) atoms. The zero-order valence-electron chi connectivity index (χ0n) is 12.8. The van der Waals surface area contributed by atoms with E-state index < -0.39 is 4.92 Å². The van der Waals surface area contributed by atoms with Crippen molar-refractivity contribution in [2.75, 3.05) is 0 Å². The number of fused-ring (bicyclic) bond motifs is 2. The van der Waals surface area contributed by atoms with Gasteiger partial charge in [0, 0.05) is 29.8 Å². The Balaban J connectivity index is 0.00000192. The van der Waals surface area contributed by atoms with Gasteiger partial charge >= 0.3 is 0 Å². The molecule has 126 valence electrons. The number of hydrogen-bond acceptors (Lipinski definition) is 4. The van der Waals surface area contributed by atoms with Crippen molar-refractivity contribution in [2.24, 2.45) is 17.6 Å². The van der Waals surface area contributed by atoms with E-state index in [9.17, 15) is 14.9 Å². The van der Waals surface area contributed by atoms with Crippen molar-refractivity contribution >= 4 is 24.0 Å². The van der Waals surface area contributed by atoms with Crippen LogP contribution < -0.4 is 11.1 Å². The number of carbonyl (C=O) groups is 1. The molecule has 2 bridgehead atoms. The van der Waals surface area contributed by atoms with Gasteiger partial charge in [-0.1, -0.05) is 12.5 Å². The summed E-state index contributed by atoms with van der Waals surface area (Å²) in [6, 6.07) is 6.28. The summed E-state index contributed by atoms with van der Waals surface area (Å²) in [4.78, 5) is 22.8. The molecule has 3 rings (SSSR count). The molecule has 1 aromatic carbocycles. The number of carbonyl (C=O) groups excluding carboxylic acids is 1. The minimum atomic E-state index is -0.481. The Labute approximate surface area is 141 Å². The lowest BCUT2D eigenvalue weighted by atomic mass is 9.67. The molecule has 2 atom stereocenters. The molecule has 0 saturated heterocycles. The lowest BCUT2D eigenvalue weighted by Crippen LogP contribution is -2.53. The summed E-state index contributed by atoms with van der Waals surface area (Å²) in [5.41, 5.74) is 6.39. The molecule has 1 aromatic rings. The fourth-order valence-electron chi connectivity index (χ4n) is 4.02. The van der Waals surface area contributed by atoms with Gasteiger partial charge < -0.3 is 11.1 Å². The van der Waals surface area contributed by atoms with Gasteiger partial charge in [0.15, 0.2) is 0 Å². The third kappa shape index (κ3) is 3.82. The Morgan fingerprint density at radius 1 is 1.26 bits per heavy atom. The van der Waals surface area contributed by atoms with Gasteiger partial charge in [-0.3, -0.25) is 14.9 Å². The van der Waals surface area contributed by atoms with Crippen molar-refractivity contribution in [3.8, 4) is 0 Å². The van der Waals surface area contributed by atoms with E-state index in [1.165, 1.54) is 18.6 Å². The maximum Gasteiger partial charge on any atom is 0.270 e. The second kappa shape index (κ2) is 7.27. The topological polar surface area (TPSA) is 98.3 Å². The standard InChI is InChI=1S/C16H21N3O3.ClH/c17-13-7-10-3-1-4-11(8-13)15(10)18-16(20)12-5-2-6-14(9-12)19(21)22;/h2,5-6,9-11,13,15H,1,3-4,7-8,17H2,(H,18,20);1H. The highest BCUT2D eigenvalue weighted by Crippen LogP contribution is 2.39. The lowest BCUT2D eigenvalue weighted by Gasteiger charge is -2.45. The van der Waals surface area contributed by atoms with Crippen LogP contribution in [0.3, 0.4) is 0 Å². The van der Waals surface area contributed by atoms with Crippen LogP contribution in [0.1, 0.15) is 42.5 Å². The number of amides is 1. The first-order chi connectivity index (χ1) is 10.5. The highest BCUT2D eigenvalue weighted by atomic mass is 35.5. The third-order valence-corrected chi connectivity index (χ3v) is 4.99. The van der Waals surface area contributed by atoms with Crippen LogP contribution in [-0.2, 0) is 0 Å². The largest absolute Gasteiger partial charge is 0.349 e. The summed E-state index contributed by atoms with van der Waals surface area (Å²) in [7, 11) is 0. The summed E-state index contributed by atoms with van der Waals surface area (Å²) >= 11 is 0. The monoisotopic (exact) mass is 339 g/mol. The van der Waals surface area contributed by atoms with Crippen molar-refractivity contribution < 1.29 is 9.72 Å². The van der Waals surface area contributed by atoms with Gasteiger partial charge in [-0.2, -0.15) is 0 Å². The summed E-state index contributed by atoms with van der Waals surface area (Å²) in [5.74, 6) is 0.649. The van der Waals surface area contributed by atoms with Gasteiger partial charge in [-0.05, 0) is 43.6 Å². The van der Waals surface area contributed by atoms with Crippen LogP contribution in [0.4, 0.5) is 5.69 Å². The summed E-state index contributed by atoms with van der Waals surface area (Å²) < 4.78 is 0. The lowest BCUT2D eigenvalue weighted by molar-refractivity contribution is -0.384. The predicted molar refractivity (Wildman–Crippen MR) is 89.6 cm³/mol. The number of hydrogen-bond donors (Lipinski definition) is 2. The smallest absolute Gasteiger partial charge is 0.270 e. The highest BCUT2D eigenvalue weighted by Gasteiger charge is 2.40. The van der Waals surface area contributed by atoms with Crippen LogP contribution in [0, 0.1) is 22.0 Å².